The van der Waals surface area contributed by atoms with Crippen LogP contribution in [0.1, 0.15) is 45.2 Å². The van der Waals surface area contributed by atoms with Crippen LogP contribution in [0.3, 0.4) is 0 Å². The van der Waals surface area contributed by atoms with Crippen LogP contribution in [0.5, 0.6) is 0 Å². The molecule has 2 amide bonds. The number of nitrogens with zero attached hydrogens (tertiary/aromatic N) is 2. The van der Waals surface area contributed by atoms with Crippen molar-refractivity contribution < 1.29 is 18.0 Å². The average Bonchev–Trinajstić information content (AvgIpc) is 2.80. The molecule has 0 radical (unpaired) electrons. The SMILES string of the molecule is CCc1ccccc1N(CC(=O)N(Cc1ccc(Cl)cc1)[C@H](C)C(=O)N[C@@H](C)CC)S(C)(=O)=O. The van der Waals surface area contributed by atoms with Crippen molar-refractivity contribution >= 4 is 39.1 Å². The molecule has 0 fully saturated rings. The second-order valence-corrected chi connectivity index (χ2v) is 10.7. The minimum Gasteiger partial charge on any atom is -0.352 e. The van der Waals surface area contributed by atoms with Gasteiger partial charge in [-0.3, -0.25) is 13.9 Å². The van der Waals surface area contributed by atoms with Gasteiger partial charge in [0.15, 0.2) is 0 Å². The molecule has 34 heavy (non-hydrogen) atoms. The van der Waals surface area contributed by atoms with E-state index >= 15 is 0 Å². The predicted molar refractivity (Wildman–Crippen MR) is 137 cm³/mol. The van der Waals surface area contributed by atoms with Gasteiger partial charge in [-0.15, -0.1) is 0 Å². The molecule has 2 rings (SSSR count). The highest BCUT2D eigenvalue weighted by Gasteiger charge is 2.31. The van der Waals surface area contributed by atoms with E-state index in [1.807, 2.05) is 32.9 Å². The Labute approximate surface area is 208 Å². The van der Waals surface area contributed by atoms with Crippen LogP contribution in [-0.2, 0) is 32.6 Å². The number of nitrogens with one attached hydrogen (secondary N) is 1. The molecule has 0 bridgehead atoms. The van der Waals surface area contributed by atoms with Crippen molar-refractivity contribution in [2.75, 3.05) is 17.1 Å². The first-order valence-electron chi connectivity index (χ1n) is 11.4. The lowest BCUT2D eigenvalue weighted by atomic mass is 10.1. The molecular weight excluding hydrogens is 474 g/mol. The maximum Gasteiger partial charge on any atom is 0.244 e. The first-order chi connectivity index (χ1) is 16.0. The molecule has 0 saturated carbocycles. The number of carbonyl (C=O) groups is 2. The van der Waals surface area contributed by atoms with Crippen molar-refractivity contribution in [3.05, 3.63) is 64.7 Å². The molecule has 186 valence electrons. The van der Waals surface area contributed by atoms with Crippen molar-refractivity contribution in [2.45, 2.75) is 59.2 Å². The summed E-state index contributed by atoms with van der Waals surface area (Å²) in [4.78, 5) is 27.9. The van der Waals surface area contributed by atoms with Crippen LogP contribution in [-0.4, -0.2) is 50.0 Å². The molecule has 0 aliphatic carbocycles. The van der Waals surface area contributed by atoms with Gasteiger partial charge in [-0.05, 0) is 56.0 Å². The van der Waals surface area contributed by atoms with Gasteiger partial charge in [0, 0.05) is 17.6 Å². The fourth-order valence-corrected chi connectivity index (χ4v) is 4.49. The second-order valence-electron chi connectivity index (χ2n) is 8.39. The summed E-state index contributed by atoms with van der Waals surface area (Å²) >= 11 is 5.99. The van der Waals surface area contributed by atoms with Crippen LogP contribution in [0.15, 0.2) is 48.5 Å². The number of benzene rings is 2. The highest BCUT2D eigenvalue weighted by atomic mass is 35.5. The predicted octanol–water partition coefficient (Wildman–Crippen LogP) is 4.00. The quantitative estimate of drug-likeness (QED) is 0.498. The van der Waals surface area contributed by atoms with Crippen molar-refractivity contribution in [2.24, 2.45) is 0 Å². The van der Waals surface area contributed by atoms with Gasteiger partial charge >= 0.3 is 0 Å². The van der Waals surface area contributed by atoms with Crippen LogP contribution in [0.25, 0.3) is 0 Å². The molecular formula is C25H34ClN3O4S. The highest BCUT2D eigenvalue weighted by Crippen LogP contribution is 2.24. The van der Waals surface area contributed by atoms with E-state index in [2.05, 4.69) is 5.32 Å². The molecule has 2 aromatic rings. The number of hydrogen-bond acceptors (Lipinski definition) is 4. The molecule has 0 spiro atoms. The van der Waals surface area contributed by atoms with Crippen molar-refractivity contribution in [3.8, 4) is 0 Å². The van der Waals surface area contributed by atoms with E-state index in [0.717, 1.165) is 28.1 Å². The first kappa shape index (κ1) is 27.7. The largest absolute Gasteiger partial charge is 0.352 e. The van der Waals surface area contributed by atoms with Crippen molar-refractivity contribution in [3.63, 3.8) is 0 Å². The molecule has 7 nitrogen and oxygen atoms in total. The lowest BCUT2D eigenvalue weighted by molar-refractivity contribution is -0.139. The summed E-state index contributed by atoms with van der Waals surface area (Å²) in [6, 6.07) is 13.2. The molecule has 2 atom stereocenters. The van der Waals surface area contributed by atoms with Crippen molar-refractivity contribution in [1.29, 1.82) is 0 Å². The Bertz CT molecular complexity index is 1090. The van der Waals surface area contributed by atoms with E-state index in [-0.39, 0.29) is 18.5 Å². The third kappa shape index (κ3) is 7.46. The Hall–Kier alpha value is -2.58. The summed E-state index contributed by atoms with van der Waals surface area (Å²) < 4.78 is 26.5. The lowest BCUT2D eigenvalue weighted by Crippen LogP contribution is -2.52. The number of aryl methyl sites for hydroxylation is 1. The molecule has 0 aliphatic rings. The van der Waals surface area contributed by atoms with Gasteiger partial charge in [0.05, 0.1) is 11.9 Å². The highest BCUT2D eigenvalue weighted by molar-refractivity contribution is 7.92. The van der Waals surface area contributed by atoms with Crippen LogP contribution >= 0.6 is 11.6 Å². The average molecular weight is 508 g/mol. The minimum atomic E-state index is -3.76. The van der Waals surface area contributed by atoms with Gasteiger partial charge in [0.2, 0.25) is 21.8 Å². The zero-order valence-electron chi connectivity index (χ0n) is 20.4. The van der Waals surface area contributed by atoms with Gasteiger partial charge in [0.25, 0.3) is 0 Å². The van der Waals surface area contributed by atoms with Crippen LogP contribution < -0.4 is 9.62 Å². The van der Waals surface area contributed by atoms with Gasteiger partial charge in [-0.2, -0.15) is 0 Å². The Morgan fingerprint density at radius 3 is 2.21 bits per heavy atom. The standard InChI is InChI=1S/C25H34ClN3O4S/c1-6-18(3)27-25(31)19(4)28(16-20-12-14-22(26)15-13-20)24(30)17-29(34(5,32)33)23-11-9-8-10-21(23)7-2/h8-15,18-19H,6-7,16-17H2,1-5H3,(H,27,31)/t18-,19+/m0/s1. The number of anilines is 1. The second kappa shape index (κ2) is 12.2. The Morgan fingerprint density at radius 2 is 1.65 bits per heavy atom. The van der Waals surface area contributed by atoms with Crippen LogP contribution in [0.2, 0.25) is 5.02 Å². The maximum absolute atomic E-state index is 13.6. The lowest BCUT2D eigenvalue weighted by Gasteiger charge is -2.32. The van der Waals surface area contributed by atoms with E-state index < -0.39 is 28.5 Å². The molecule has 2 aromatic carbocycles. The van der Waals surface area contributed by atoms with Gasteiger partial charge in [0.1, 0.15) is 12.6 Å². The normalized spacial score (nSPS) is 13.1. The van der Waals surface area contributed by atoms with Crippen LogP contribution in [0, 0.1) is 0 Å². The van der Waals surface area contributed by atoms with E-state index in [0.29, 0.717) is 17.1 Å². The summed E-state index contributed by atoms with van der Waals surface area (Å²) in [6.07, 6.45) is 2.44. The minimum absolute atomic E-state index is 0.0496. The molecule has 9 heteroatoms. The van der Waals surface area contributed by atoms with Crippen molar-refractivity contribution in [1.82, 2.24) is 10.2 Å². The van der Waals surface area contributed by atoms with E-state index in [4.69, 9.17) is 11.6 Å². The molecule has 0 aliphatic heterocycles. The maximum atomic E-state index is 13.6. The van der Waals surface area contributed by atoms with E-state index in [1.54, 1.807) is 43.3 Å². The number of carbonyl (C=O) groups excluding carboxylic acids is 2. The smallest absolute Gasteiger partial charge is 0.244 e. The summed E-state index contributed by atoms with van der Waals surface area (Å²) in [5.41, 5.74) is 2.05. The number of rotatable bonds is 11. The van der Waals surface area contributed by atoms with Gasteiger partial charge in [-0.1, -0.05) is 55.8 Å². The number of sulfonamides is 1. The number of amides is 2. The zero-order chi connectivity index (χ0) is 25.5. The molecule has 1 N–H and O–H groups in total. The van der Waals surface area contributed by atoms with Gasteiger partial charge < -0.3 is 10.2 Å². The molecule has 0 heterocycles. The fourth-order valence-electron chi connectivity index (χ4n) is 3.48. The Morgan fingerprint density at radius 1 is 1.03 bits per heavy atom. The van der Waals surface area contributed by atoms with Gasteiger partial charge in [-0.25, -0.2) is 8.42 Å². The third-order valence-corrected chi connectivity index (χ3v) is 7.13. The Balaban J connectivity index is 2.41. The molecule has 0 saturated heterocycles. The monoisotopic (exact) mass is 507 g/mol. The number of halogens is 1. The zero-order valence-corrected chi connectivity index (χ0v) is 22.0. The summed E-state index contributed by atoms with van der Waals surface area (Å²) in [5, 5.41) is 3.47. The Kier molecular flexibility index (Phi) is 9.94. The van der Waals surface area contributed by atoms with E-state index in [9.17, 15) is 18.0 Å². The number of para-hydroxylation sites is 1. The molecule has 0 unspecified atom stereocenters. The summed E-state index contributed by atoms with van der Waals surface area (Å²) in [5.74, 6) is -0.769. The summed E-state index contributed by atoms with van der Waals surface area (Å²) in [7, 11) is -3.76. The fraction of sp³-hybridized carbons (Fsp3) is 0.440. The summed E-state index contributed by atoms with van der Waals surface area (Å²) in [6.45, 7) is 7.15. The number of hydrogen-bond donors (Lipinski definition) is 1. The van der Waals surface area contributed by atoms with E-state index in [1.165, 1.54) is 4.90 Å². The molecule has 0 aromatic heterocycles. The van der Waals surface area contributed by atoms with Crippen LogP contribution in [0.4, 0.5) is 5.69 Å². The third-order valence-electron chi connectivity index (χ3n) is 5.75. The topological polar surface area (TPSA) is 86.8 Å². The first-order valence-corrected chi connectivity index (χ1v) is 13.6.